The number of ether oxygens (including phenoxy) is 2. The summed E-state index contributed by atoms with van der Waals surface area (Å²) in [6.45, 7) is 0.903. The molecule has 2 atom stereocenters. The van der Waals surface area contributed by atoms with E-state index < -0.39 is 21.6 Å². The summed E-state index contributed by atoms with van der Waals surface area (Å²) < 4.78 is 40.1. The number of carbonyl (C=O) groups is 1. The Hall–Kier alpha value is -3.20. The van der Waals surface area contributed by atoms with Gasteiger partial charge in [0.15, 0.2) is 0 Å². The number of piperidine rings is 1. The predicted molar refractivity (Wildman–Crippen MR) is 139 cm³/mol. The third-order valence-electron chi connectivity index (χ3n) is 6.69. The first-order chi connectivity index (χ1) is 17.4. The van der Waals surface area contributed by atoms with E-state index in [2.05, 4.69) is 5.32 Å². The first kappa shape index (κ1) is 25.9. The lowest BCUT2D eigenvalue weighted by atomic mass is 9.76. The summed E-state index contributed by atoms with van der Waals surface area (Å²) in [5.74, 6) is -0.206. The highest BCUT2D eigenvalue weighted by Gasteiger charge is 2.49. The fraction of sp³-hybridized carbons (Fsp3) is 0.321. The zero-order valence-electron chi connectivity index (χ0n) is 20.6. The molecule has 3 aromatic rings. The maximum absolute atomic E-state index is 13.4. The Morgan fingerprint density at radius 2 is 1.72 bits per heavy atom. The largest absolute Gasteiger partial charge is 0.497 e. The van der Waals surface area contributed by atoms with Gasteiger partial charge in [0.05, 0.1) is 18.4 Å². The van der Waals surface area contributed by atoms with Crippen molar-refractivity contribution in [3.8, 4) is 5.75 Å². The van der Waals surface area contributed by atoms with E-state index in [9.17, 15) is 13.2 Å². The predicted octanol–water partition coefficient (Wildman–Crippen LogP) is 3.82. The van der Waals surface area contributed by atoms with Crippen molar-refractivity contribution in [1.29, 1.82) is 0 Å². The molecule has 3 aromatic carbocycles. The molecule has 1 N–H and O–H groups in total. The van der Waals surface area contributed by atoms with Gasteiger partial charge in [0, 0.05) is 32.0 Å². The second-order valence-electron chi connectivity index (χ2n) is 8.98. The molecule has 1 aliphatic rings. The van der Waals surface area contributed by atoms with Crippen LogP contribution in [0, 0.1) is 5.92 Å². The van der Waals surface area contributed by atoms with Gasteiger partial charge < -0.3 is 14.8 Å². The summed E-state index contributed by atoms with van der Waals surface area (Å²) in [5.41, 5.74) is 0.930. The molecule has 0 aliphatic carbocycles. The number of esters is 1. The van der Waals surface area contributed by atoms with Gasteiger partial charge in [-0.3, -0.25) is 0 Å². The zero-order valence-corrected chi connectivity index (χ0v) is 21.4. The third kappa shape index (κ3) is 5.61. The molecule has 0 amide bonds. The molecular weight excluding hydrogens is 476 g/mol. The Kier molecular flexibility index (Phi) is 8.08. The molecule has 0 aromatic heterocycles. The Morgan fingerprint density at radius 1 is 1.03 bits per heavy atom. The molecule has 8 heteroatoms. The lowest BCUT2D eigenvalue weighted by Gasteiger charge is -2.47. The standard InChI is InChI=1S/C28H32N2O5S/c1-29-19-25-20-30(36(32,33)21-22-10-5-3-6-11-22)17-16-28(25,24-14-9-15-26(18-24)34-2)35-27(31)23-12-7-4-8-13-23/h3-15,18,25,29H,16-17,19-21H2,1-2H3/t25-,28-/m1/s1. The van der Waals surface area contributed by atoms with Gasteiger partial charge in [-0.05, 0) is 42.4 Å². The molecule has 1 fully saturated rings. The molecule has 0 radical (unpaired) electrons. The topological polar surface area (TPSA) is 84.9 Å². The number of methoxy groups -OCH3 is 1. The van der Waals surface area contributed by atoms with E-state index in [1.807, 2.05) is 67.7 Å². The van der Waals surface area contributed by atoms with Crippen molar-refractivity contribution in [1.82, 2.24) is 9.62 Å². The second kappa shape index (κ2) is 11.2. The highest BCUT2D eigenvalue weighted by molar-refractivity contribution is 7.88. The molecule has 190 valence electrons. The summed E-state index contributed by atoms with van der Waals surface area (Å²) in [4.78, 5) is 13.3. The van der Waals surface area contributed by atoms with Gasteiger partial charge in [0.2, 0.25) is 10.0 Å². The van der Waals surface area contributed by atoms with Crippen LogP contribution in [0.2, 0.25) is 0 Å². The van der Waals surface area contributed by atoms with Crippen LogP contribution in [0.1, 0.15) is 27.9 Å². The molecule has 0 spiro atoms. The lowest BCUT2D eigenvalue weighted by Crippen LogP contribution is -2.56. The van der Waals surface area contributed by atoms with Crippen molar-refractivity contribution in [2.24, 2.45) is 5.92 Å². The smallest absolute Gasteiger partial charge is 0.339 e. The number of carbonyl (C=O) groups excluding carboxylic acids is 1. The minimum absolute atomic E-state index is 0.0733. The fourth-order valence-electron chi connectivity index (χ4n) is 4.84. The van der Waals surface area contributed by atoms with E-state index in [4.69, 9.17) is 9.47 Å². The number of rotatable bonds is 9. The van der Waals surface area contributed by atoms with E-state index >= 15 is 0 Å². The Balaban J connectivity index is 1.70. The molecule has 0 unspecified atom stereocenters. The molecule has 0 bridgehead atoms. The number of nitrogens with zero attached hydrogens (tertiary/aromatic N) is 1. The summed E-state index contributed by atoms with van der Waals surface area (Å²) in [6, 6.07) is 25.5. The lowest BCUT2D eigenvalue weighted by molar-refractivity contribution is -0.0819. The van der Waals surface area contributed by atoms with Crippen LogP contribution in [-0.2, 0) is 26.1 Å². The third-order valence-corrected chi connectivity index (χ3v) is 8.51. The average molecular weight is 509 g/mol. The van der Waals surface area contributed by atoms with E-state index in [1.54, 1.807) is 31.4 Å². The number of nitrogens with one attached hydrogen (secondary N) is 1. The van der Waals surface area contributed by atoms with Crippen molar-refractivity contribution in [2.45, 2.75) is 17.8 Å². The van der Waals surface area contributed by atoms with Crippen LogP contribution in [0.5, 0.6) is 5.75 Å². The molecule has 7 nitrogen and oxygen atoms in total. The quantitative estimate of drug-likeness (QED) is 0.443. The second-order valence-corrected chi connectivity index (χ2v) is 11.0. The summed E-state index contributed by atoms with van der Waals surface area (Å²) in [7, 11) is -0.172. The minimum Gasteiger partial charge on any atom is -0.497 e. The molecule has 0 saturated carbocycles. The Bertz CT molecular complexity index is 1270. The van der Waals surface area contributed by atoms with Gasteiger partial charge in [0.25, 0.3) is 0 Å². The van der Waals surface area contributed by atoms with Crippen LogP contribution in [-0.4, -0.2) is 52.5 Å². The molecule has 1 heterocycles. The maximum Gasteiger partial charge on any atom is 0.339 e. The SMILES string of the molecule is CNC[C@@H]1CN(S(=O)(=O)Cc2ccccc2)CC[C@@]1(OC(=O)c1ccccc1)c1cccc(OC)c1. The van der Waals surface area contributed by atoms with Crippen LogP contribution < -0.4 is 10.1 Å². The molecule has 36 heavy (non-hydrogen) atoms. The Morgan fingerprint density at radius 3 is 2.39 bits per heavy atom. The highest BCUT2D eigenvalue weighted by Crippen LogP contribution is 2.43. The highest BCUT2D eigenvalue weighted by atomic mass is 32.2. The van der Waals surface area contributed by atoms with E-state index in [0.29, 0.717) is 24.3 Å². The first-order valence-corrected chi connectivity index (χ1v) is 13.6. The van der Waals surface area contributed by atoms with Crippen LogP contribution in [0.3, 0.4) is 0 Å². The average Bonchev–Trinajstić information content (AvgIpc) is 2.90. The monoisotopic (exact) mass is 508 g/mol. The van der Waals surface area contributed by atoms with Gasteiger partial charge >= 0.3 is 5.97 Å². The van der Waals surface area contributed by atoms with Gasteiger partial charge in [-0.2, -0.15) is 0 Å². The molecule has 4 rings (SSSR count). The number of benzene rings is 3. The van der Waals surface area contributed by atoms with Gasteiger partial charge in [-0.15, -0.1) is 0 Å². The Labute approximate surface area is 213 Å². The number of hydrogen-bond acceptors (Lipinski definition) is 6. The summed E-state index contributed by atoms with van der Waals surface area (Å²) >= 11 is 0. The minimum atomic E-state index is -3.57. The number of sulfonamides is 1. The zero-order chi connectivity index (χ0) is 25.6. The van der Waals surface area contributed by atoms with Crippen LogP contribution >= 0.6 is 0 Å². The van der Waals surface area contributed by atoms with Crippen molar-refractivity contribution in [3.05, 3.63) is 102 Å². The maximum atomic E-state index is 13.4. The van der Waals surface area contributed by atoms with E-state index in [0.717, 1.165) is 11.1 Å². The van der Waals surface area contributed by atoms with Crippen molar-refractivity contribution >= 4 is 16.0 Å². The first-order valence-electron chi connectivity index (χ1n) is 12.0. The molecular formula is C28H32N2O5S. The summed E-state index contributed by atoms with van der Waals surface area (Å²) in [5, 5.41) is 3.18. The van der Waals surface area contributed by atoms with Gasteiger partial charge in [-0.1, -0.05) is 60.7 Å². The molecule has 1 aliphatic heterocycles. The van der Waals surface area contributed by atoms with Crippen molar-refractivity contribution < 1.29 is 22.7 Å². The van der Waals surface area contributed by atoms with Gasteiger partial charge in [-0.25, -0.2) is 17.5 Å². The van der Waals surface area contributed by atoms with Crippen molar-refractivity contribution in [2.75, 3.05) is 33.8 Å². The van der Waals surface area contributed by atoms with E-state index in [-0.39, 0.29) is 24.8 Å². The normalized spacial score (nSPS) is 20.6. The van der Waals surface area contributed by atoms with Gasteiger partial charge in [0.1, 0.15) is 11.4 Å². The fourth-order valence-corrected chi connectivity index (χ4v) is 6.42. The van der Waals surface area contributed by atoms with Crippen LogP contribution in [0.15, 0.2) is 84.9 Å². The summed E-state index contributed by atoms with van der Waals surface area (Å²) in [6.07, 6.45) is 0.319. The number of hydrogen-bond donors (Lipinski definition) is 1. The van der Waals surface area contributed by atoms with Crippen LogP contribution in [0.4, 0.5) is 0 Å². The van der Waals surface area contributed by atoms with Crippen LogP contribution in [0.25, 0.3) is 0 Å². The van der Waals surface area contributed by atoms with E-state index in [1.165, 1.54) is 4.31 Å². The van der Waals surface area contributed by atoms with Crippen molar-refractivity contribution in [3.63, 3.8) is 0 Å². The molecule has 1 saturated heterocycles.